The molecule has 7 N–H and O–H groups in total. The van der Waals surface area contributed by atoms with Gasteiger partial charge in [-0.2, -0.15) is 4.31 Å². The number of carboxylic acid groups (broad SMARTS) is 1. The van der Waals surface area contributed by atoms with Crippen LogP contribution in [0.4, 0.5) is 0 Å². The van der Waals surface area contributed by atoms with E-state index in [1.54, 1.807) is 0 Å². The van der Waals surface area contributed by atoms with Crippen LogP contribution in [0.3, 0.4) is 0 Å². The maximum absolute atomic E-state index is 11.2. The lowest BCUT2D eigenvalue weighted by molar-refractivity contribution is -0.274. The van der Waals surface area contributed by atoms with E-state index in [-0.39, 0.29) is 0 Å². The van der Waals surface area contributed by atoms with E-state index in [9.17, 15) is 29.2 Å². The van der Waals surface area contributed by atoms with Gasteiger partial charge in [0, 0.05) is 0 Å². The minimum Gasteiger partial charge on any atom is -0.479 e. The molecule has 0 radical (unpaired) electrons. The van der Waals surface area contributed by atoms with Crippen molar-refractivity contribution in [1.82, 2.24) is 0 Å². The van der Waals surface area contributed by atoms with E-state index in [0.717, 1.165) is 0 Å². The van der Waals surface area contributed by atoms with Gasteiger partial charge in [0.15, 0.2) is 12.4 Å². The van der Waals surface area contributed by atoms with Crippen molar-refractivity contribution < 1.29 is 62.6 Å². The molecule has 0 aromatic heterocycles. The zero-order chi connectivity index (χ0) is 16.6. The first-order chi connectivity index (χ1) is 9.34. The van der Waals surface area contributed by atoms with Crippen LogP contribution >= 0.6 is 15.6 Å². The Labute approximate surface area is 116 Å². The third-order valence-electron chi connectivity index (χ3n) is 2.26. The predicted molar refractivity (Wildman–Crippen MR) is 58.4 cm³/mol. The summed E-state index contributed by atoms with van der Waals surface area (Å²) < 4.78 is 33.6. The molecule has 1 saturated heterocycles. The number of hydrogen-bond donors (Lipinski definition) is 7. The summed E-state index contributed by atoms with van der Waals surface area (Å²) in [5.41, 5.74) is 0. The van der Waals surface area contributed by atoms with Crippen LogP contribution in [0.25, 0.3) is 0 Å². The SMILES string of the molecule is O=C(O)[C@H]1OC(OP(=O)(O)OP(=O)(O)O)[C@H](O)[C@@H](O)[C@@H]1O. The third kappa shape index (κ3) is 5.06. The molecule has 0 aromatic carbocycles. The molecule has 13 nitrogen and oxygen atoms in total. The maximum Gasteiger partial charge on any atom is 0.483 e. The van der Waals surface area contributed by atoms with Gasteiger partial charge in [-0.1, -0.05) is 0 Å². The normalized spacial score (nSPS) is 37.0. The van der Waals surface area contributed by atoms with Crippen LogP contribution in [0, 0.1) is 0 Å². The second-order valence-corrected chi connectivity index (χ2v) is 6.66. The summed E-state index contributed by atoms with van der Waals surface area (Å²) in [6, 6.07) is 0. The highest BCUT2D eigenvalue weighted by Crippen LogP contribution is 2.58. The van der Waals surface area contributed by atoms with Crippen LogP contribution in [0.1, 0.15) is 0 Å². The molecule has 1 fully saturated rings. The van der Waals surface area contributed by atoms with Gasteiger partial charge in [-0.05, 0) is 0 Å². The molecule has 0 saturated carbocycles. The lowest BCUT2D eigenvalue weighted by atomic mass is 9.99. The van der Waals surface area contributed by atoms with E-state index >= 15 is 0 Å². The van der Waals surface area contributed by atoms with Crippen molar-refractivity contribution in [1.29, 1.82) is 0 Å². The van der Waals surface area contributed by atoms with Gasteiger partial charge in [0.1, 0.15) is 18.3 Å². The van der Waals surface area contributed by atoms with Gasteiger partial charge in [-0.15, -0.1) is 0 Å². The molecular weight excluding hydrogens is 342 g/mol. The Hall–Kier alpha value is -0.430. The number of carboxylic acids is 1. The van der Waals surface area contributed by atoms with Crippen LogP contribution in [-0.2, 0) is 27.5 Å². The molecule has 1 aliphatic rings. The van der Waals surface area contributed by atoms with E-state index < -0.39 is 52.3 Å². The molecule has 15 heteroatoms. The number of rotatable bonds is 5. The average Bonchev–Trinajstić information content (AvgIpc) is 2.26. The van der Waals surface area contributed by atoms with Gasteiger partial charge in [-0.25, -0.2) is 13.9 Å². The van der Waals surface area contributed by atoms with E-state index in [1.165, 1.54) is 0 Å². The first-order valence-corrected chi connectivity index (χ1v) is 8.07. The van der Waals surface area contributed by atoms with Crippen LogP contribution in [-0.4, -0.2) is 71.8 Å². The number of phosphoric ester groups is 1. The summed E-state index contributed by atoms with van der Waals surface area (Å²) in [6.45, 7) is 0. The number of ether oxygens (including phenoxy) is 1. The summed E-state index contributed by atoms with van der Waals surface area (Å²) in [7, 11) is -10.9. The smallest absolute Gasteiger partial charge is 0.479 e. The Balaban J connectivity index is 2.89. The average molecular weight is 354 g/mol. The van der Waals surface area contributed by atoms with Gasteiger partial charge in [-0.3, -0.25) is 4.52 Å². The molecule has 0 bridgehead atoms. The number of hydrogen-bond acceptors (Lipinski definition) is 9. The molecular formula is C6H12O13P2. The zero-order valence-electron chi connectivity index (χ0n) is 9.86. The summed E-state index contributed by atoms with van der Waals surface area (Å²) in [4.78, 5) is 36.5. The molecule has 1 aliphatic heterocycles. The van der Waals surface area contributed by atoms with Gasteiger partial charge in [0.25, 0.3) is 0 Å². The lowest BCUT2D eigenvalue weighted by Gasteiger charge is -2.38. The Morgan fingerprint density at radius 3 is 1.95 bits per heavy atom. The van der Waals surface area contributed by atoms with Crippen LogP contribution < -0.4 is 0 Å². The number of phosphoric acid groups is 2. The third-order valence-corrected chi connectivity index (χ3v) is 4.41. The van der Waals surface area contributed by atoms with Crippen molar-refractivity contribution in [3.8, 4) is 0 Å². The maximum atomic E-state index is 11.2. The van der Waals surface area contributed by atoms with Gasteiger partial charge < -0.3 is 39.8 Å². The Kier molecular flexibility index (Phi) is 5.64. The van der Waals surface area contributed by atoms with Crippen molar-refractivity contribution in [3.05, 3.63) is 0 Å². The quantitative estimate of drug-likeness (QED) is 0.247. The Morgan fingerprint density at radius 2 is 1.52 bits per heavy atom. The fourth-order valence-electron chi connectivity index (χ4n) is 1.42. The highest BCUT2D eigenvalue weighted by molar-refractivity contribution is 7.60. The fraction of sp³-hybridized carbons (Fsp3) is 0.833. The fourth-order valence-corrected chi connectivity index (χ4v) is 3.09. The summed E-state index contributed by atoms with van der Waals surface area (Å²) in [5, 5.41) is 36.8. The van der Waals surface area contributed by atoms with E-state index in [4.69, 9.17) is 19.8 Å². The van der Waals surface area contributed by atoms with Crippen molar-refractivity contribution >= 4 is 21.6 Å². The van der Waals surface area contributed by atoms with Gasteiger partial charge in [0.05, 0.1) is 0 Å². The molecule has 0 amide bonds. The van der Waals surface area contributed by atoms with E-state index in [2.05, 4.69) is 13.6 Å². The molecule has 2 unspecified atom stereocenters. The van der Waals surface area contributed by atoms with Crippen LogP contribution in [0.5, 0.6) is 0 Å². The lowest BCUT2D eigenvalue weighted by Crippen LogP contribution is -2.60. The van der Waals surface area contributed by atoms with Crippen molar-refractivity contribution in [3.63, 3.8) is 0 Å². The van der Waals surface area contributed by atoms with Crippen LogP contribution in [0.2, 0.25) is 0 Å². The zero-order valence-corrected chi connectivity index (χ0v) is 11.7. The second-order valence-electron chi connectivity index (χ2n) is 3.88. The highest BCUT2D eigenvalue weighted by atomic mass is 31.3. The summed E-state index contributed by atoms with van der Waals surface area (Å²) in [6.07, 6.45) is -10.8. The van der Waals surface area contributed by atoms with Gasteiger partial charge in [0.2, 0.25) is 0 Å². The van der Waals surface area contributed by atoms with E-state index in [1.807, 2.05) is 0 Å². The Morgan fingerprint density at radius 1 is 1.00 bits per heavy atom. The number of carbonyl (C=O) groups is 1. The predicted octanol–water partition coefficient (Wildman–Crippen LogP) is -2.90. The summed E-state index contributed by atoms with van der Waals surface area (Å²) >= 11 is 0. The first-order valence-electron chi connectivity index (χ1n) is 5.04. The molecule has 6 atom stereocenters. The molecule has 1 heterocycles. The second kappa shape index (κ2) is 6.36. The van der Waals surface area contributed by atoms with Crippen molar-refractivity contribution in [2.24, 2.45) is 0 Å². The largest absolute Gasteiger partial charge is 0.483 e. The van der Waals surface area contributed by atoms with Crippen LogP contribution in [0.15, 0.2) is 0 Å². The van der Waals surface area contributed by atoms with Gasteiger partial charge >= 0.3 is 21.6 Å². The monoisotopic (exact) mass is 354 g/mol. The number of aliphatic carboxylic acids is 1. The molecule has 0 aliphatic carbocycles. The van der Waals surface area contributed by atoms with E-state index in [0.29, 0.717) is 0 Å². The minimum absolute atomic E-state index is 1.79. The first kappa shape index (κ1) is 18.6. The number of aliphatic hydroxyl groups excluding tert-OH is 3. The molecule has 0 spiro atoms. The number of aliphatic hydroxyl groups is 3. The molecule has 124 valence electrons. The van der Waals surface area contributed by atoms with Crippen molar-refractivity contribution in [2.75, 3.05) is 0 Å². The highest BCUT2D eigenvalue weighted by Gasteiger charge is 2.50. The summed E-state index contributed by atoms with van der Waals surface area (Å²) in [5.74, 6) is -1.79. The minimum atomic E-state index is -5.46. The molecule has 1 rings (SSSR count). The van der Waals surface area contributed by atoms with Crippen molar-refractivity contribution in [2.45, 2.75) is 30.7 Å². The topological polar surface area (TPSA) is 221 Å². The Bertz CT molecular complexity index is 485. The standard InChI is InChI=1S/C6H12O13P2/c7-1-2(8)4(5(10)11)17-6(3(1)9)18-21(15,16)19-20(12,13)14/h1-4,6-9H,(H,10,11)(H,15,16)(H2,12,13,14)/t1-,2-,3+,4-,6?/m0/s1. The molecule has 0 aromatic rings. The molecule has 21 heavy (non-hydrogen) atoms.